The molecule has 2 aromatic carbocycles. The number of ketones is 1. The van der Waals surface area contributed by atoms with Crippen molar-refractivity contribution in [3.05, 3.63) is 71.8 Å². The number of amides is 1. The minimum Gasteiger partial charge on any atom is -0.445 e. The summed E-state index contributed by atoms with van der Waals surface area (Å²) in [7, 11) is 0. The van der Waals surface area contributed by atoms with Gasteiger partial charge in [-0.2, -0.15) is 0 Å². The Hall–Kier alpha value is -2.62. The van der Waals surface area contributed by atoms with Gasteiger partial charge in [-0.3, -0.25) is 4.79 Å². The summed E-state index contributed by atoms with van der Waals surface area (Å²) in [6.45, 7) is 0.294. The molecule has 26 heavy (non-hydrogen) atoms. The number of carbonyl (C=O) groups is 2. The molecule has 1 amide bonds. The van der Waals surface area contributed by atoms with Crippen LogP contribution in [0.3, 0.4) is 0 Å². The molecule has 134 valence electrons. The number of ether oxygens (including phenoxy) is 1. The molecule has 2 unspecified atom stereocenters. The highest BCUT2D eigenvalue weighted by atomic mass is 16.6. The van der Waals surface area contributed by atoms with Crippen LogP contribution < -0.4 is 0 Å². The molecule has 4 nitrogen and oxygen atoms in total. The van der Waals surface area contributed by atoms with E-state index in [4.69, 9.17) is 4.74 Å². The standard InChI is InChI=1S/C22H23NO3/c24-21(17-9-5-2-6-10-17)18-13-19-11-12-20(14-18)23(19)22(25)26-15-16-7-3-1-4-8-16/h1-10,18-20H,11-15H2. The van der Waals surface area contributed by atoms with Crippen molar-refractivity contribution in [2.75, 3.05) is 0 Å². The molecule has 0 N–H and O–H groups in total. The third kappa shape index (κ3) is 3.36. The van der Waals surface area contributed by atoms with E-state index in [0.29, 0.717) is 6.61 Å². The molecule has 0 saturated carbocycles. The molecule has 0 aliphatic carbocycles. The Morgan fingerprint density at radius 2 is 1.46 bits per heavy atom. The third-order valence-corrected chi connectivity index (χ3v) is 5.58. The van der Waals surface area contributed by atoms with Gasteiger partial charge in [-0.25, -0.2) is 4.79 Å². The molecule has 4 heteroatoms. The van der Waals surface area contributed by atoms with Crippen molar-refractivity contribution in [1.29, 1.82) is 0 Å². The lowest BCUT2D eigenvalue weighted by molar-refractivity contribution is 0.0485. The first-order chi connectivity index (χ1) is 12.7. The predicted molar refractivity (Wildman–Crippen MR) is 98.8 cm³/mol. The monoisotopic (exact) mass is 349 g/mol. The van der Waals surface area contributed by atoms with Crippen molar-refractivity contribution in [3.63, 3.8) is 0 Å². The van der Waals surface area contributed by atoms with Crippen molar-refractivity contribution in [2.24, 2.45) is 5.92 Å². The number of Topliss-reactive ketones (excluding diaryl/α,β-unsaturated/α-hetero) is 1. The highest BCUT2D eigenvalue weighted by Crippen LogP contribution is 2.40. The maximum Gasteiger partial charge on any atom is 0.410 e. The van der Waals surface area contributed by atoms with Gasteiger partial charge in [0.2, 0.25) is 0 Å². The summed E-state index contributed by atoms with van der Waals surface area (Å²) >= 11 is 0. The Bertz CT molecular complexity index is 760. The largest absolute Gasteiger partial charge is 0.445 e. The van der Waals surface area contributed by atoms with Crippen LogP contribution in [0.1, 0.15) is 41.6 Å². The first-order valence-electron chi connectivity index (χ1n) is 9.30. The van der Waals surface area contributed by atoms with Crippen LogP contribution in [-0.4, -0.2) is 28.9 Å². The number of hydrogen-bond donors (Lipinski definition) is 0. The molecule has 2 saturated heterocycles. The van der Waals surface area contributed by atoms with Crippen molar-refractivity contribution in [3.8, 4) is 0 Å². The van der Waals surface area contributed by atoms with Gasteiger partial charge >= 0.3 is 6.09 Å². The third-order valence-electron chi connectivity index (χ3n) is 5.58. The van der Waals surface area contributed by atoms with Crippen LogP contribution in [0.4, 0.5) is 4.79 Å². The summed E-state index contributed by atoms with van der Waals surface area (Å²) in [6, 6.07) is 19.4. The molecule has 0 spiro atoms. The second-order valence-electron chi connectivity index (χ2n) is 7.23. The van der Waals surface area contributed by atoms with E-state index in [1.807, 2.05) is 65.6 Å². The van der Waals surface area contributed by atoms with E-state index in [0.717, 1.165) is 36.8 Å². The van der Waals surface area contributed by atoms with Crippen molar-refractivity contribution in [1.82, 2.24) is 4.90 Å². The lowest BCUT2D eigenvalue weighted by Gasteiger charge is -2.37. The van der Waals surface area contributed by atoms with E-state index in [1.54, 1.807) is 0 Å². The number of hydrogen-bond acceptors (Lipinski definition) is 3. The zero-order chi connectivity index (χ0) is 17.9. The average Bonchev–Trinajstić information content (AvgIpc) is 2.96. The quantitative estimate of drug-likeness (QED) is 0.766. The second-order valence-corrected chi connectivity index (χ2v) is 7.23. The Morgan fingerprint density at radius 1 is 0.885 bits per heavy atom. The SMILES string of the molecule is O=C(c1ccccc1)C1CC2CCC(C1)N2C(=O)OCc1ccccc1. The summed E-state index contributed by atoms with van der Waals surface area (Å²) in [5, 5.41) is 0. The van der Waals surface area contributed by atoms with Crippen LogP contribution in [0.15, 0.2) is 60.7 Å². The lowest BCUT2D eigenvalue weighted by atomic mass is 9.85. The molecule has 4 rings (SSSR count). The van der Waals surface area contributed by atoms with E-state index in [-0.39, 0.29) is 29.9 Å². The molecule has 2 bridgehead atoms. The van der Waals surface area contributed by atoms with Gasteiger partial charge in [0.25, 0.3) is 0 Å². The van der Waals surface area contributed by atoms with E-state index in [2.05, 4.69) is 0 Å². The maximum atomic E-state index is 12.8. The number of piperidine rings is 1. The predicted octanol–water partition coefficient (Wildman–Crippen LogP) is 4.45. The molecule has 0 aromatic heterocycles. The lowest BCUT2D eigenvalue weighted by Crippen LogP contribution is -2.48. The van der Waals surface area contributed by atoms with Gasteiger partial charge in [0.05, 0.1) is 0 Å². The summed E-state index contributed by atoms with van der Waals surface area (Å²) in [5.74, 6) is 0.216. The van der Waals surface area contributed by atoms with Crippen LogP contribution in [-0.2, 0) is 11.3 Å². The Morgan fingerprint density at radius 3 is 2.08 bits per heavy atom. The van der Waals surface area contributed by atoms with Gasteiger partial charge in [0, 0.05) is 23.6 Å². The summed E-state index contributed by atoms with van der Waals surface area (Å²) in [5.41, 5.74) is 1.76. The molecular formula is C22H23NO3. The first kappa shape index (κ1) is 16.8. The molecule has 2 aromatic rings. The van der Waals surface area contributed by atoms with Crippen molar-refractivity contribution in [2.45, 2.75) is 44.4 Å². The maximum absolute atomic E-state index is 12.8. The van der Waals surface area contributed by atoms with Crippen molar-refractivity contribution < 1.29 is 14.3 Å². The summed E-state index contributed by atoms with van der Waals surface area (Å²) in [4.78, 5) is 27.3. The normalized spacial score (nSPS) is 24.3. The van der Waals surface area contributed by atoms with Crippen molar-refractivity contribution >= 4 is 11.9 Å². The van der Waals surface area contributed by atoms with Gasteiger partial charge < -0.3 is 9.64 Å². The van der Waals surface area contributed by atoms with Crippen LogP contribution >= 0.6 is 0 Å². The topological polar surface area (TPSA) is 46.6 Å². The van der Waals surface area contributed by atoms with E-state index in [1.165, 1.54) is 0 Å². The summed E-state index contributed by atoms with van der Waals surface area (Å²) in [6.07, 6.45) is 3.16. The highest BCUT2D eigenvalue weighted by molar-refractivity contribution is 5.98. The number of carbonyl (C=O) groups excluding carboxylic acids is 2. The van der Waals surface area contributed by atoms with Gasteiger partial charge in [-0.1, -0.05) is 60.7 Å². The number of nitrogens with zero attached hydrogens (tertiary/aromatic N) is 1. The molecular weight excluding hydrogens is 326 g/mol. The van der Waals surface area contributed by atoms with Gasteiger partial charge in [-0.15, -0.1) is 0 Å². The Balaban J connectivity index is 1.39. The summed E-state index contributed by atoms with van der Waals surface area (Å²) < 4.78 is 5.53. The smallest absolute Gasteiger partial charge is 0.410 e. The number of rotatable bonds is 4. The zero-order valence-electron chi connectivity index (χ0n) is 14.7. The van der Waals surface area contributed by atoms with Gasteiger partial charge in [0.1, 0.15) is 6.61 Å². The molecule has 0 radical (unpaired) electrons. The fourth-order valence-corrected chi connectivity index (χ4v) is 4.32. The fourth-order valence-electron chi connectivity index (χ4n) is 4.32. The minimum atomic E-state index is -0.244. The number of fused-ring (bicyclic) bond motifs is 2. The molecule has 2 aliphatic rings. The van der Waals surface area contributed by atoms with Crippen LogP contribution in [0.25, 0.3) is 0 Å². The molecule has 2 fully saturated rings. The van der Waals surface area contributed by atoms with E-state index >= 15 is 0 Å². The first-order valence-corrected chi connectivity index (χ1v) is 9.30. The van der Waals surface area contributed by atoms with E-state index in [9.17, 15) is 9.59 Å². The molecule has 2 aliphatic heterocycles. The minimum absolute atomic E-state index is 0.00748. The van der Waals surface area contributed by atoms with Gasteiger partial charge in [0.15, 0.2) is 5.78 Å². The Kier molecular flexibility index (Phi) is 4.74. The van der Waals surface area contributed by atoms with Gasteiger partial charge in [-0.05, 0) is 31.2 Å². The Labute approximate surface area is 153 Å². The highest BCUT2D eigenvalue weighted by Gasteiger charge is 2.45. The molecule has 2 atom stereocenters. The average molecular weight is 349 g/mol. The molecule has 2 heterocycles. The number of benzene rings is 2. The van der Waals surface area contributed by atoms with Crippen LogP contribution in [0.2, 0.25) is 0 Å². The fraction of sp³-hybridized carbons (Fsp3) is 0.364. The van der Waals surface area contributed by atoms with E-state index < -0.39 is 0 Å². The van der Waals surface area contributed by atoms with Crippen LogP contribution in [0.5, 0.6) is 0 Å². The second kappa shape index (κ2) is 7.32. The zero-order valence-corrected chi connectivity index (χ0v) is 14.7. The van der Waals surface area contributed by atoms with Crippen LogP contribution in [0, 0.1) is 5.92 Å².